The van der Waals surface area contributed by atoms with Gasteiger partial charge >= 0.3 is 0 Å². The highest BCUT2D eigenvalue weighted by Gasteiger charge is 2.08. The molecule has 0 aromatic heterocycles. The third kappa shape index (κ3) is 4.23. The predicted molar refractivity (Wildman–Crippen MR) is 87.3 cm³/mol. The maximum atomic E-state index is 6.01. The van der Waals surface area contributed by atoms with Crippen LogP contribution in [0.1, 0.15) is 11.1 Å². The average Bonchev–Trinajstić information content (AvgIpc) is 2.38. The number of ether oxygens (including phenoxy) is 1. The number of nitrogens with zero attached hydrogens (tertiary/aromatic N) is 1. The van der Waals surface area contributed by atoms with Crippen LogP contribution in [0, 0.1) is 0 Å². The van der Waals surface area contributed by atoms with Gasteiger partial charge in [-0.05, 0) is 42.9 Å². The van der Waals surface area contributed by atoms with E-state index in [2.05, 4.69) is 40.0 Å². The van der Waals surface area contributed by atoms with E-state index in [9.17, 15) is 0 Å². The number of halogens is 2. The first-order valence-electron chi connectivity index (χ1n) is 6.34. The summed E-state index contributed by atoms with van der Waals surface area (Å²) < 4.78 is 6.46. The van der Waals surface area contributed by atoms with Gasteiger partial charge in [0.2, 0.25) is 0 Å². The molecular weight excluding hydrogens is 338 g/mol. The maximum absolute atomic E-state index is 6.01. The van der Waals surface area contributed by atoms with Gasteiger partial charge in [-0.25, -0.2) is 0 Å². The van der Waals surface area contributed by atoms with Crippen molar-refractivity contribution in [3.8, 4) is 5.75 Å². The molecule has 0 heterocycles. The molecule has 0 bridgehead atoms. The lowest BCUT2D eigenvalue weighted by Crippen LogP contribution is -2.17. The van der Waals surface area contributed by atoms with Crippen LogP contribution < -0.4 is 4.74 Å². The summed E-state index contributed by atoms with van der Waals surface area (Å²) in [6.45, 7) is 1.66. The molecule has 0 aliphatic heterocycles. The Bertz CT molecular complexity index is 588. The Morgan fingerprint density at radius 1 is 1.15 bits per heavy atom. The minimum Gasteiger partial charge on any atom is -0.496 e. The smallest absolute Gasteiger partial charge is 0.123 e. The van der Waals surface area contributed by atoms with Crippen LogP contribution in [0.15, 0.2) is 46.9 Å². The van der Waals surface area contributed by atoms with E-state index in [1.165, 1.54) is 5.56 Å². The lowest BCUT2D eigenvalue weighted by Gasteiger charge is -2.19. The molecule has 20 heavy (non-hydrogen) atoms. The second-order valence-electron chi connectivity index (χ2n) is 4.76. The first-order chi connectivity index (χ1) is 9.58. The zero-order chi connectivity index (χ0) is 14.5. The second-order valence-corrected chi connectivity index (χ2v) is 6.11. The van der Waals surface area contributed by atoms with Gasteiger partial charge in [0.25, 0.3) is 0 Å². The molecule has 2 nitrogen and oxygen atoms in total. The molecule has 0 saturated heterocycles. The van der Waals surface area contributed by atoms with Gasteiger partial charge in [0.1, 0.15) is 5.75 Å². The minimum atomic E-state index is 0.774. The lowest BCUT2D eigenvalue weighted by molar-refractivity contribution is 0.310. The highest BCUT2D eigenvalue weighted by Crippen LogP contribution is 2.24. The van der Waals surface area contributed by atoms with Crippen molar-refractivity contribution in [2.45, 2.75) is 13.1 Å². The highest BCUT2D eigenvalue weighted by molar-refractivity contribution is 9.10. The first-order valence-corrected chi connectivity index (χ1v) is 7.51. The fourth-order valence-corrected chi connectivity index (χ4v) is 2.79. The van der Waals surface area contributed by atoms with Crippen molar-refractivity contribution >= 4 is 27.5 Å². The van der Waals surface area contributed by atoms with Crippen LogP contribution in [0.25, 0.3) is 0 Å². The molecular formula is C16H17BrClNO. The maximum Gasteiger partial charge on any atom is 0.123 e. The highest BCUT2D eigenvalue weighted by atomic mass is 79.9. The van der Waals surface area contributed by atoms with Crippen molar-refractivity contribution in [1.29, 1.82) is 0 Å². The fraction of sp³-hybridized carbons (Fsp3) is 0.250. The largest absolute Gasteiger partial charge is 0.496 e. The Hall–Kier alpha value is -1.03. The van der Waals surface area contributed by atoms with Crippen molar-refractivity contribution in [3.05, 3.63) is 63.1 Å². The molecule has 2 aromatic carbocycles. The monoisotopic (exact) mass is 353 g/mol. The van der Waals surface area contributed by atoms with E-state index < -0.39 is 0 Å². The van der Waals surface area contributed by atoms with E-state index in [4.69, 9.17) is 16.3 Å². The van der Waals surface area contributed by atoms with Gasteiger partial charge in [0.05, 0.1) is 7.11 Å². The third-order valence-electron chi connectivity index (χ3n) is 3.02. The number of hydrogen-bond donors (Lipinski definition) is 0. The quantitative estimate of drug-likeness (QED) is 0.769. The van der Waals surface area contributed by atoms with Gasteiger partial charge in [0, 0.05) is 28.1 Å². The van der Waals surface area contributed by atoms with Gasteiger partial charge in [-0.2, -0.15) is 0 Å². The Kier molecular flexibility index (Phi) is 5.46. The number of rotatable bonds is 5. The van der Waals surface area contributed by atoms with Gasteiger partial charge in [-0.1, -0.05) is 39.7 Å². The van der Waals surface area contributed by atoms with Crippen molar-refractivity contribution in [2.24, 2.45) is 0 Å². The molecule has 0 N–H and O–H groups in total. The van der Waals surface area contributed by atoms with Gasteiger partial charge in [-0.15, -0.1) is 0 Å². The summed E-state index contributed by atoms with van der Waals surface area (Å²) in [7, 11) is 3.78. The summed E-state index contributed by atoms with van der Waals surface area (Å²) in [5.41, 5.74) is 2.36. The van der Waals surface area contributed by atoms with Crippen LogP contribution in [0.4, 0.5) is 0 Å². The molecule has 0 radical (unpaired) electrons. The number of hydrogen-bond acceptors (Lipinski definition) is 2. The SMILES string of the molecule is COc1ccc(Br)cc1CN(C)Cc1cccc(Cl)c1. The molecule has 2 rings (SSSR count). The van der Waals surface area contributed by atoms with E-state index in [0.717, 1.165) is 33.9 Å². The normalized spacial score (nSPS) is 10.8. The molecule has 0 atom stereocenters. The van der Waals surface area contributed by atoms with E-state index in [0.29, 0.717) is 0 Å². The Morgan fingerprint density at radius 3 is 2.65 bits per heavy atom. The first kappa shape index (κ1) is 15.4. The molecule has 106 valence electrons. The zero-order valence-corrected chi connectivity index (χ0v) is 13.9. The van der Waals surface area contributed by atoms with Crippen molar-refractivity contribution < 1.29 is 4.74 Å². The second kappa shape index (κ2) is 7.11. The van der Waals surface area contributed by atoms with Gasteiger partial charge in [-0.3, -0.25) is 4.90 Å². The van der Waals surface area contributed by atoms with E-state index >= 15 is 0 Å². The molecule has 0 aliphatic carbocycles. The summed E-state index contributed by atoms with van der Waals surface area (Å²) in [5, 5.41) is 0.774. The topological polar surface area (TPSA) is 12.5 Å². The summed E-state index contributed by atoms with van der Waals surface area (Å²) >= 11 is 9.51. The molecule has 4 heteroatoms. The predicted octanol–water partition coefficient (Wildman–Crippen LogP) is 4.74. The molecule has 2 aromatic rings. The number of benzene rings is 2. The Morgan fingerprint density at radius 2 is 1.95 bits per heavy atom. The molecule has 0 fully saturated rings. The lowest BCUT2D eigenvalue weighted by atomic mass is 10.1. The van der Waals surface area contributed by atoms with Crippen LogP contribution in [-0.2, 0) is 13.1 Å². The molecule has 0 unspecified atom stereocenters. The van der Waals surface area contributed by atoms with Crippen molar-refractivity contribution in [3.63, 3.8) is 0 Å². The molecule has 0 saturated carbocycles. The Balaban J connectivity index is 2.08. The van der Waals surface area contributed by atoms with Crippen LogP contribution >= 0.6 is 27.5 Å². The van der Waals surface area contributed by atoms with Crippen LogP contribution in [-0.4, -0.2) is 19.1 Å². The molecule has 0 aliphatic rings. The molecule has 0 spiro atoms. The summed E-state index contributed by atoms with van der Waals surface area (Å²) in [6.07, 6.45) is 0. The van der Waals surface area contributed by atoms with E-state index in [1.54, 1.807) is 7.11 Å². The number of methoxy groups -OCH3 is 1. The van der Waals surface area contributed by atoms with E-state index in [-0.39, 0.29) is 0 Å². The summed E-state index contributed by atoms with van der Waals surface area (Å²) in [4.78, 5) is 2.23. The van der Waals surface area contributed by atoms with Crippen LogP contribution in [0.5, 0.6) is 5.75 Å². The Labute approximate surface area is 133 Å². The fourth-order valence-electron chi connectivity index (χ4n) is 2.16. The van der Waals surface area contributed by atoms with Crippen molar-refractivity contribution in [2.75, 3.05) is 14.2 Å². The van der Waals surface area contributed by atoms with Gasteiger partial charge < -0.3 is 4.74 Å². The summed E-state index contributed by atoms with van der Waals surface area (Å²) in [6, 6.07) is 14.0. The summed E-state index contributed by atoms with van der Waals surface area (Å²) in [5.74, 6) is 0.908. The van der Waals surface area contributed by atoms with Crippen LogP contribution in [0.2, 0.25) is 5.02 Å². The average molecular weight is 355 g/mol. The molecule has 0 amide bonds. The van der Waals surface area contributed by atoms with E-state index in [1.807, 2.05) is 30.3 Å². The zero-order valence-electron chi connectivity index (χ0n) is 11.6. The van der Waals surface area contributed by atoms with Crippen molar-refractivity contribution in [1.82, 2.24) is 4.90 Å². The standard InChI is InChI=1S/C16H17BrClNO/c1-19(10-12-4-3-5-15(18)8-12)11-13-9-14(17)6-7-16(13)20-2/h3-9H,10-11H2,1-2H3. The minimum absolute atomic E-state index is 0.774. The van der Waals surface area contributed by atoms with Crippen LogP contribution in [0.3, 0.4) is 0 Å². The third-order valence-corrected chi connectivity index (χ3v) is 3.75. The van der Waals surface area contributed by atoms with Gasteiger partial charge in [0.15, 0.2) is 0 Å².